The Morgan fingerprint density at radius 1 is 1.21 bits per heavy atom. The van der Waals surface area contributed by atoms with Gasteiger partial charge in [0.2, 0.25) is 0 Å². The summed E-state index contributed by atoms with van der Waals surface area (Å²) >= 11 is 0. The average molecular weight is 383 g/mol. The lowest BCUT2D eigenvalue weighted by Gasteiger charge is -2.37. The fourth-order valence-corrected chi connectivity index (χ4v) is 4.28. The van der Waals surface area contributed by atoms with Gasteiger partial charge in [0.1, 0.15) is 5.75 Å². The molecule has 1 saturated heterocycles. The highest BCUT2D eigenvalue weighted by Crippen LogP contribution is 2.41. The fraction of sp³-hybridized carbons (Fsp3) is 0.609. The number of allylic oxidation sites excluding steroid dienone is 1. The van der Waals surface area contributed by atoms with E-state index in [2.05, 4.69) is 36.3 Å². The quantitative estimate of drug-likeness (QED) is 0.765. The lowest BCUT2D eigenvalue weighted by molar-refractivity contribution is 0.118. The zero-order chi connectivity index (χ0) is 19.5. The molecule has 152 valence electrons. The third kappa shape index (κ3) is 4.04. The van der Waals surface area contributed by atoms with Crippen LogP contribution in [0.3, 0.4) is 0 Å². The summed E-state index contributed by atoms with van der Waals surface area (Å²) in [5.74, 6) is 1.00. The van der Waals surface area contributed by atoms with Crippen molar-refractivity contribution in [1.82, 2.24) is 5.32 Å². The van der Waals surface area contributed by atoms with Crippen LogP contribution >= 0.6 is 0 Å². The first kappa shape index (κ1) is 19.3. The molecule has 1 aromatic rings. The number of nitrogens with one attached hydrogen (secondary N) is 1. The van der Waals surface area contributed by atoms with E-state index in [1.165, 1.54) is 17.7 Å². The van der Waals surface area contributed by atoms with Crippen LogP contribution in [0.4, 0.5) is 5.69 Å². The molecule has 0 bridgehead atoms. The number of aliphatic imine (C=N–C) groups is 1. The minimum absolute atomic E-state index is 0.339. The van der Waals surface area contributed by atoms with Crippen LogP contribution in [0.15, 0.2) is 23.2 Å². The Balaban J connectivity index is 1.61. The van der Waals surface area contributed by atoms with Crippen LogP contribution in [0.1, 0.15) is 56.6 Å². The predicted octanol–water partition coefficient (Wildman–Crippen LogP) is 3.51. The lowest BCUT2D eigenvalue weighted by atomic mass is 9.92. The molecule has 0 spiro atoms. The summed E-state index contributed by atoms with van der Waals surface area (Å²) in [5, 5.41) is 3.38. The third-order valence-corrected chi connectivity index (χ3v) is 6.60. The largest absolute Gasteiger partial charge is 0.489 e. The van der Waals surface area contributed by atoms with Gasteiger partial charge in [0.05, 0.1) is 12.1 Å². The molecule has 0 amide bonds. The number of ether oxygens (including phenoxy) is 1. The zero-order valence-electron chi connectivity index (χ0n) is 17.3. The van der Waals surface area contributed by atoms with Crippen molar-refractivity contribution in [3.8, 4) is 5.75 Å². The maximum Gasteiger partial charge on any atom is 0.134 e. The van der Waals surface area contributed by atoms with Crippen molar-refractivity contribution in [3.05, 3.63) is 29.3 Å². The third-order valence-electron chi connectivity index (χ3n) is 6.60. The second-order valence-corrected chi connectivity index (χ2v) is 8.51. The van der Waals surface area contributed by atoms with E-state index in [0.29, 0.717) is 18.2 Å². The van der Waals surface area contributed by atoms with Gasteiger partial charge in [-0.2, -0.15) is 0 Å². The standard InChI is InChI=1S/C23H34N4O/c1-16-6-7-20-22(27(16)2)9-8-19(23(20)28-18-4-3-5-18)21(24)12-15-26-17-10-13-25-14-11-17/h8-9,12,15-18,25H,3-7,10-11,13-14,24H2,1-2H3. The van der Waals surface area contributed by atoms with Gasteiger partial charge in [0, 0.05) is 41.8 Å². The minimum atomic E-state index is 0.339. The van der Waals surface area contributed by atoms with E-state index >= 15 is 0 Å². The number of fused-ring (bicyclic) bond motifs is 1. The van der Waals surface area contributed by atoms with Crippen LogP contribution in [-0.4, -0.2) is 44.5 Å². The molecule has 4 rings (SSSR count). The van der Waals surface area contributed by atoms with E-state index in [1.807, 2.05) is 12.3 Å². The van der Waals surface area contributed by atoms with Gasteiger partial charge in [0.25, 0.3) is 0 Å². The van der Waals surface area contributed by atoms with Crippen molar-refractivity contribution in [2.45, 2.75) is 70.1 Å². The molecule has 5 heteroatoms. The second-order valence-electron chi connectivity index (χ2n) is 8.51. The van der Waals surface area contributed by atoms with E-state index < -0.39 is 0 Å². The van der Waals surface area contributed by atoms with Gasteiger partial charge in [0.15, 0.2) is 0 Å². The number of piperidine rings is 1. The van der Waals surface area contributed by atoms with E-state index in [4.69, 9.17) is 15.5 Å². The van der Waals surface area contributed by atoms with Crippen molar-refractivity contribution in [3.63, 3.8) is 0 Å². The zero-order valence-corrected chi connectivity index (χ0v) is 17.3. The summed E-state index contributed by atoms with van der Waals surface area (Å²) < 4.78 is 6.48. The first-order valence-corrected chi connectivity index (χ1v) is 10.9. The van der Waals surface area contributed by atoms with Gasteiger partial charge in [-0.15, -0.1) is 0 Å². The first-order chi connectivity index (χ1) is 13.6. The van der Waals surface area contributed by atoms with Crippen molar-refractivity contribution < 1.29 is 4.74 Å². The number of rotatable bonds is 5. The van der Waals surface area contributed by atoms with Gasteiger partial charge in [-0.1, -0.05) is 0 Å². The Morgan fingerprint density at radius 2 is 2.00 bits per heavy atom. The second kappa shape index (κ2) is 8.56. The lowest BCUT2D eigenvalue weighted by Crippen LogP contribution is -2.34. The smallest absolute Gasteiger partial charge is 0.134 e. The van der Waals surface area contributed by atoms with Crippen LogP contribution in [-0.2, 0) is 6.42 Å². The molecule has 2 heterocycles. The monoisotopic (exact) mass is 382 g/mol. The van der Waals surface area contributed by atoms with Crippen LogP contribution in [0.25, 0.3) is 5.70 Å². The van der Waals surface area contributed by atoms with Crippen molar-refractivity contribution in [1.29, 1.82) is 0 Å². The molecule has 1 unspecified atom stereocenters. The maximum absolute atomic E-state index is 6.51. The van der Waals surface area contributed by atoms with Crippen molar-refractivity contribution in [2.75, 3.05) is 25.0 Å². The Bertz CT molecular complexity index is 747. The molecule has 1 aliphatic carbocycles. The van der Waals surface area contributed by atoms with Gasteiger partial charge in [-0.05, 0) is 83.2 Å². The molecule has 0 radical (unpaired) electrons. The molecule has 3 N–H and O–H groups in total. The summed E-state index contributed by atoms with van der Waals surface area (Å²) in [6, 6.07) is 5.30. The molecule has 28 heavy (non-hydrogen) atoms. The summed E-state index contributed by atoms with van der Waals surface area (Å²) in [6.07, 6.45) is 12.1. The van der Waals surface area contributed by atoms with Gasteiger partial charge < -0.3 is 20.7 Å². The van der Waals surface area contributed by atoms with Gasteiger partial charge in [-0.25, -0.2) is 0 Å². The van der Waals surface area contributed by atoms with Crippen LogP contribution in [0, 0.1) is 0 Å². The molecule has 0 aromatic heterocycles. The van der Waals surface area contributed by atoms with Crippen molar-refractivity contribution in [2.24, 2.45) is 10.7 Å². The minimum Gasteiger partial charge on any atom is -0.489 e. The summed E-state index contributed by atoms with van der Waals surface area (Å²) in [7, 11) is 2.18. The first-order valence-electron chi connectivity index (χ1n) is 10.9. The van der Waals surface area contributed by atoms with Crippen LogP contribution < -0.4 is 20.7 Å². The topological polar surface area (TPSA) is 62.9 Å². The molecule has 3 aliphatic rings. The predicted molar refractivity (Wildman–Crippen MR) is 117 cm³/mol. The number of nitrogens with zero attached hydrogens (tertiary/aromatic N) is 2. The summed E-state index contributed by atoms with van der Waals surface area (Å²) in [6.45, 7) is 4.39. The SMILES string of the molecule is CC1CCc2c(ccc(C(N)=CC=NC3CCNCC3)c2OC2CCC2)N1C. The van der Waals surface area contributed by atoms with Crippen molar-refractivity contribution >= 4 is 17.6 Å². The van der Waals surface area contributed by atoms with E-state index in [-0.39, 0.29) is 0 Å². The Morgan fingerprint density at radius 3 is 2.71 bits per heavy atom. The Labute approximate surface area is 169 Å². The van der Waals surface area contributed by atoms with Crippen LogP contribution in [0.5, 0.6) is 5.75 Å². The molecule has 1 aromatic carbocycles. The van der Waals surface area contributed by atoms with E-state index in [9.17, 15) is 0 Å². The molecular formula is C23H34N4O. The number of hydrogen-bond acceptors (Lipinski definition) is 5. The molecule has 2 fully saturated rings. The number of anilines is 1. The molecule has 2 aliphatic heterocycles. The Hall–Kier alpha value is -2.01. The molecule has 1 saturated carbocycles. The van der Waals surface area contributed by atoms with Gasteiger partial charge in [-0.3, -0.25) is 4.99 Å². The Kier molecular flexibility index (Phi) is 5.90. The summed E-state index contributed by atoms with van der Waals surface area (Å²) in [4.78, 5) is 7.08. The molecule has 1 atom stereocenters. The molecule has 5 nitrogen and oxygen atoms in total. The highest BCUT2D eigenvalue weighted by Gasteiger charge is 2.28. The number of nitrogens with two attached hydrogens (primary N) is 1. The normalized spacial score (nSPS) is 24.3. The number of benzene rings is 1. The maximum atomic E-state index is 6.51. The highest BCUT2D eigenvalue weighted by atomic mass is 16.5. The highest BCUT2D eigenvalue weighted by molar-refractivity contribution is 5.86. The van der Waals surface area contributed by atoms with E-state index in [1.54, 1.807) is 0 Å². The van der Waals surface area contributed by atoms with E-state index in [0.717, 1.165) is 68.6 Å². The molecular weight excluding hydrogens is 348 g/mol. The summed E-state index contributed by atoms with van der Waals surface area (Å²) in [5.41, 5.74) is 10.9. The fourth-order valence-electron chi connectivity index (χ4n) is 4.28. The number of hydrogen-bond donors (Lipinski definition) is 2. The van der Waals surface area contributed by atoms with Gasteiger partial charge >= 0.3 is 0 Å². The average Bonchev–Trinajstić information content (AvgIpc) is 2.68. The van der Waals surface area contributed by atoms with Crippen LogP contribution in [0.2, 0.25) is 0 Å².